The summed E-state index contributed by atoms with van der Waals surface area (Å²) in [7, 11) is 2.44. The maximum absolute atomic E-state index is 8.52. The van der Waals surface area contributed by atoms with E-state index in [1.807, 2.05) is 60.9 Å². The summed E-state index contributed by atoms with van der Waals surface area (Å²) in [5.41, 5.74) is 9.94. The summed E-state index contributed by atoms with van der Waals surface area (Å²) in [6.45, 7) is 9.07. The van der Waals surface area contributed by atoms with Gasteiger partial charge < -0.3 is 29.2 Å². The summed E-state index contributed by atoms with van der Waals surface area (Å²) >= 11 is 0. The molecule has 0 bridgehead atoms. The average Bonchev–Trinajstić information content (AvgIpc) is 3.42. The normalized spacial score (nSPS) is 15.4. The van der Waals surface area contributed by atoms with E-state index in [2.05, 4.69) is 122 Å². The monoisotopic (exact) mass is 710 g/mol. The highest BCUT2D eigenvalue weighted by Gasteiger charge is 2.43. The van der Waals surface area contributed by atoms with Gasteiger partial charge in [-0.3, -0.25) is 8.42 Å². The minimum Gasteiger partial charge on any atom is -0.759 e. The molecule has 4 aromatic rings. The molecule has 11 heteroatoms. The fourth-order valence-electron chi connectivity index (χ4n) is 6.41. The molecule has 0 aliphatic carbocycles. The van der Waals surface area contributed by atoms with Crippen LogP contribution in [0.3, 0.4) is 0 Å². The topological polar surface area (TPSA) is 129 Å². The van der Waals surface area contributed by atoms with E-state index in [0.29, 0.717) is 0 Å². The number of hydrogen-bond acceptors (Lipinski definition) is 8. The van der Waals surface area contributed by atoms with Crippen molar-refractivity contribution in [3.63, 3.8) is 0 Å². The van der Waals surface area contributed by atoms with Crippen molar-refractivity contribution in [2.75, 3.05) is 38.9 Å². The number of ether oxygens (including phenoxy) is 2. The van der Waals surface area contributed by atoms with E-state index in [1.54, 1.807) is 14.2 Å². The fraction of sp³-hybridized carbons (Fsp3) is 0.250. The lowest BCUT2D eigenvalue weighted by Crippen LogP contribution is -2.26. The number of nitrogens with one attached hydrogen (secondary N) is 2. The Balaban J connectivity index is 0.000000202. The van der Waals surface area contributed by atoms with E-state index in [9.17, 15) is 0 Å². The van der Waals surface area contributed by atoms with Crippen LogP contribution in [0.5, 0.6) is 11.5 Å². The highest BCUT2D eigenvalue weighted by atomic mass is 32.3. The Morgan fingerprint density at radius 2 is 0.902 bits per heavy atom. The van der Waals surface area contributed by atoms with Gasteiger partial charge in [0.2, 0.25) is 11.4 Å². The van der Waals surface area contributed by atoms with Gasteiger partial charge in [-0.2, -0.15) is 9.15 Å². The van der Waals surface area contributed by atoms with Crippen LogP contribution in [0.25, 0.3) is 0 Å². The Bertz CT molecular complexity index is 1920. The summed E-state index contributed by atoms with van der Waals surface area (Å²) in [5, 5.41) is 6.65. The molecule has 0 unspecified atom stereocenters. The van der Waals surface area contributed by atoms with E-state index in [4.69, 9.17) is 27.0 Å². The van der Waals surface area contributed by atoms with Gasteiger partial charge in [0.05, 0.1) is 25.0 Å². The zero-order chi connectivity index (χ0) is 37.4. The van der Waals surface area contributed by atoms with Crippen molar-refractivity contribution in [1.29, 1.82) is 0 Å². The van der Waals surface area contributed by atoms with Gasteiger partial charge in [-0.1, -0.05) is 36.4 Å². The van der Waals surface area contributed by atoms with Gasteiger partial charge in [0.25, 0.3) is 0 Å². The molecule has 2 aliphatic heterocycles. The molecule has 0 radical (unpaired) electrons. The van der Waals surface area contributed by atoms with Gasteiger partial charge in [-0.25, -0.2) is 0 Å². The third-order valence-electron chi connectivity index (χ3n) is 9.04. The van der Waals surface area contributed by atoms with Crippen molar-refractivity contribution >= 4 is 44.6 Å². The summed E-state index contributed by atoms with van der Waals surface area (Å²) in [6.07, 6.45) is 8.32. The lowest BCUT2D eigenvalue weighted by molar-refractivity contribution is -0.401. The number of nitrogens with zero attached hydrogens (tertiary/aromatic N) is 2. The molecule has 0 spiro atoms. The third kappa shape index (κ3) is 9.52. The van der Waals surface area contributed by atoms with Crippen molar-refractivity contribution in [2.24, 2.45) is 0 Å². The van der Waals surface area contributed by atoms with Crippen LogP contribution in [0, 0.1) is 0 Å². The van der Waals surface area contributed by atoms with Crippen LogP contribution in [-0.2, 0) is 21.2 Å². The molecule has 0 saturated carbocycles. The molecule has 0 aromatic heterocycles. The predicted molar refractivity (Wildman–Crippen MR) is 203 cm³/mol. The quantitative estimate of drug-likeness (QED) is 0.111. The lowest BCUT2D eigenvalue weighted by atomic mass is 9.81. The Morgan fingerprint density at radius 3 is 1.20 bits per heavy atom. The van der Waals surface area contributed by atoms with Crippen molar-refractivity contribution < 1.29 is 36.1 Å². The van der Waals surface area contributed by atoms with E-state index in [0.717, 1.165) is 22.9 Å². The van der Waals surface area contributed by atoms with Crippen LogP contribution in [0.15, 0.2) is 122 Å². The second-order valence-corrected chi connectivity index (χ2v) is 13.8. The third-order valence-corrected chi connectivity index (χ3v) is 9.04. The number of methoxy groups -OCH3 is 2. The Hall–Kier alpha value is -5.23. The number of fused-ring (bicyclic) bond motifs is 2. The van der Waals surface area contributed by atoms with Crippen molar-refractivity contribution in [3.05, 3.63) is 133 Å². The van der Waals surface area contributed by atoms with E-state index < -0.39 is 10.4 Å². The molecule has 10 nitrogen and oxygen atoms in total. The number of anilines is 2. The van der Waals surface area contributed by atoms with Gasteiger partial charge in [-0.05, 0) is 76.2 Å². The van der Waals surface area contributed by atoms with Gasteiger partial charge >= 0.3 is 0 Å². The first kappa shape index (κ1) is 38.6. The molecule has 6 rings (SSSR count). The largest absolute Gasteiger partial charge is 0.759 e. The maximum atomic E-state index is 8.52. The number of benzene rings is 4. The molecular formula is C40H46N4O6S. The SMILES string of the molecule is COc1ccc(N/C=C/C2=[N+](C)c3ccccc3C2(C)C)cc1.COc1ccc(N/C=C/C2=[N+](C)c3ccccc3C2(C)C)cc1.O=S(=O)([O-])[O-]. The second-order valence-electron chi connectivity index (χ2n) is 13.0. The fourth-order valence-corrected chi connectivity index (χ4v) is 6.41. The molecule has 0 atom stereocenters. The van der Waals surface area contributed by atoms with Crippen molar-refractivity contribution in [2.45, 2.75) is 38.5 Å². The predicted octanol–water partition coefficient (Wildman–Crippen LogP) is 7.32. The zero-order valence-corrected chi connectivity index (χ0v) is 31.1. The van der Waals surface area contributed by atoms with Crippen molar-refractivity contribution in [3.8, 4) is 11.5 Å². The summed E-state index contributed by atoms with van der Waals surface area (Å²) < 4.78 is 49.0. The van der Waals surface area contributed by atoms with Gasteiger partial charge in [0.1, 0.15) is 25.6 Å². The Kier molecular flexibility index (Phi) is 12.2. The van der Waals surface area contributed by atoms with Crippen LogP contribution in [0.4, 0.5) is 22.7 Å². The average molecular weight is 711 g/mol. The summed E-state index contributed by atoms with van der Waals surface area (Å²) in [4.78, 5) is 0. The molecular weight excluding hydrogens is 665 g/mol. The summed E-state index contributed by atoms with van der Waals surface area (Å²) in [5.74, 6) is 1.72. The minimum atomic E-state index is -5.17. The van der Waals surface area contributed by atoms with E-state index in [-0.39, 0.29) is 10.8 Å². The van der Waals surface area contributed by atoms with Crippen LogP contribution in [-0.4, -0.2) is 66.4 Å². The number of rotatable bonds is 8. The zero-order valence-electron chi connectivity index (χ0n) is 30.3. The maximum Gasteiger partial charge on any atom is 0.209 e. The smallest absolute Gasteiger partial charge is 0.209 e. The second kappa shape index (κ2) is 16.2. The lowest BCUT2D eigenvalue weighted by Gasteiger charge is -2.15. The van der Waals surface area contributed by atoms with E-state index >= 15 is 0 Å². The van der Waals surface area contributed by atoms with Gasteiger partial charge in [0.15, 0.2) is 11.4 Å². The van der Waals surface area contributed by atoms with Crippen LogP contribution in [0.1, 0.15) is 38.8 Å². The van der Waals surface area contributed by atoms with Crippen molar-refractivity contribution in [1.82, 2.24) is 0 Å². The molecule has 2 heterocycles. The van der Waals surface area contributed by atoms with E-state index in [1.165, 1.54) is 33.9 Å². The van der Waals surface area contributed by atoms with Gasteiger partial charge in [0, 0.05) is 69.6 Å². The molecule has 0 saturated heterocycles. The molecule has 51 heavy (non-hydrogen) atoms. The van der Waals surface area contributed by atoms with Gasteiger partial charge in [-0.15, -0.1) is 0 Å². The first-order valence-electron chi connectivity index (χ1n) is 16.3. The standard InChI is InChI=1S/2C20H22N2O.H2O4S/c2*1-20(2)17-7-5-6-8-18(17)22(3)19(20)13-14-21-15-9-11-16(23-4)12-10-15;1-5(2,3)4/h2*5-14H,1-4H3;(H2,1,2,3,4). The summed E-state index contributed by atoms with van der Waals surface area (Å²) in [6, 6.07) is 33.0. The molecule has 0 fully saturated rings. The number of para-hydroxylation sites is 2. The molecule has 4 aromatic carbocycles. The highest BCUT2D eigenvalue weighted by molar-refractivity contribution is 7.79. The van der Waals surface area contributed by atoms with Crippen LogP contribution in [0.2, 0.25) is 0 Å². The molecule has 0 amide bonds. The van der Waals surface area contributed by atoms with Crippen LogP contribution < -0.4 is 20.1 Å². The first-order valence-corrected chi connectivity index (χ1v) is 17.6. The number of hydrogen-bond donors (Lipinski definition) is 2. The Morgan fingerprint density at radius 1 is 0.588 bits per heavy atom. The molecule has 2 N–H and O–H groups in total. The van der Waals surface area contributed by atoms with Crippen LogP contribution >= 0.6 is 0 Å². The highest BCUT2D eigenvalue weighted by Crippen LogP contribution is 2.40. The minimum absolute atomic E-state index is 0.00340. The molecule has 268 valence electrons. The first-order chi connectivity index (χ1) is 24.1. The number of allylic oxidation sites excluding steroid dienone is 2. The Labute approximate surface area is 301 Å². The molecule has 2 aliphatic rings.